The summed E-state index contributed by atoms with van der Waals surface area (Å²) >= 11 is 0. The summed E-state index contributed by atoms with van der Waals surface area (Å²) in [7, 11) is 3.95. The number of H-pyrrole nitrogens is 1. The van der Waals surface area contributed by atoms with Crippen LogP contribution in [0, 0.1) is 0 Å². The van der Waals surface area contributed by atoms with E-state index in [1.165, 1.54) is 6.92 Å². The summed E-state index contributed by atoms with van der Waals surface area (Å²) in [4.78, 5) is 52.7. The number of hydrogen-bond acceptors (Lipinski definition) is 7. The second kappa shape index (κ2) is 13.1. The summed E-state index contributed by atoms with van der Waals surface area (Å²) in [6.07, 6.45) is 5.46. The van der Waals surface area contributed by atoms with Crippen LogP contribution >= 0.6 is 0 Å². The van der Waals surface area contributed by atoms with Crippen LogP contribution in [0.25, 0.3) is 21.8 Å². The number of nitrogens with one attached hydrogen (secondary N) is 5. The fraction of sp³-hybridized carbons (Fsp3) is 0.406. The van der Waals surface area contributed by atoms with Gasteiger partial charge in [0, 0.05) is 62.0 Å². The van der Waals surface area contributed by atoms with E-state index in [9.17, 15) is 14.4 Å². The highest BCUT2D eigenvalue weighted by Crippen LogP contribution is 2.27. The molecule has 4 aromatic rings. The first-order valence-electron chi connectivity index (χ1n) is 14.8. The molecule has 1 fully saturated rings. The molecule has 0 spiro atoms. The molecule has 2 atom stereocenters. The first kappa shape index (κ1) is 29.8. The molecule has 0 radical (unpaired) electrons. The minimum Gasteiger partial charge on any atom is -0.362 e. The van der Waals surface area contributed by atoms with Gasteiger partial charge in [-0.05, 0) is 56.4 Å². The van der Waals surface area contributed by atoms with Gasteiger partial charge < -0.3 is 31.2 Å². The number of para-hydroxylation sites is 2. The van der Waals surface area contributed by atoms with Crippen LogP contribution < -0.4 is 26.2 Å². The number of rotatable bonds is 10. The molecule has 0 unspecified atom stereocenters. The number of hydrogen-bond donors (Lipinski definition) is 5. The standard InChI is InChI=1S/C32H40N8O3/c1-19(34-20(2)41)30(42)37-28(17-21-18-33-26-11-7-5-9-24(21)26)31(43)35-22-13-15-23(16-14-22)36-32-38-27-12-8-6-10-25(27)29(39-32)40(3)4/h5-12,18-19,22-23,28,33H,13-17H2,1-4H3,(H,34,41)(H,35,43)(H,37,42)(H,36,38,39)/t19-,22-,23+,28-/m0/s1. The molecular weight excluding hydrogens is 544 g/mol. The first-order chi connectivity index (χ1) is 20.7. The van der Waals surface area contributed by atoms with Crippen molar-refractivity contribution in [2.24, 2.45) is 0 Å². The van der Waals surface area contributed by atoms with Crippen molar-refractivity contribution < 1.29 is 14.4 Å². The van der Waals surface area contributed by atoms with Crippen LogP contribution in [-0.2, 0) is 20.8 Å². The fourth-order valence-corrected chi connectivity index (χ4v) is 5.73. The SMILES string of the molecule is CC(=O)N[C@@H](C)C(=O)N[C@@H](Cc1c[nH]c2ccccc12)C(=O)N[C@H]1CC[C@@H](Nc2nc(N(C)C)c3ccccc3n2)CC1. The molecule has 43 heavy (non-hydrogen) atoms. The van der Waals surface area contributed by atoms with Gasteiger partial charge in [-0.1, -0.05) is 30.3 Å². The fourth-order valence-electron chi connectivity index (χ4n) is 5.73. The molecule has 5 N–H and O–H groups in total. The van der Waals surface area contributed by atoms with Gasteiger partial charge in [-0.25, -0.2) is 4.98 Å². The molecule has 0 saturated heterocycles. The zero-order chi connectivity index (χ0) is 30.5. The van der Waals surface area contributed by atoms with Crippen molar-refractivity contribution in [2.45, 2.75) is 70.1 Å². The number of amides is 3. The lowest BCUT2D eigenvalue weighted by atomic mass is 9.91. The Kier molecular flexibility index (Phi) is 9.08. The molecule has 0 bridgehead atoms. The molecule has 226 valence electrons. The number of fused-ring (bicyclic) bond motifs is 2. The van der Waals surface area contributed by atoms with Gasteiger partial charge in [0.1, 0.15) is 17.9 Å². The van der Waals surface area contributed by atoms with Crippen LogP contribution in [0.15, 0.2) is 54.7 Å². The molecule has 5 rings (SSSR count). The Bertz CT molecular complexity index is 1610. The topological polar surface area (TPSA) is 144 Å². The minimum atomic E-state index is -0.797. The van der Waals surface area contributed by atoms with E-state index >= 15 is 0 Å². The smallest absolute Gasteiger partial charge is 0.243 e. The van der Waals surface area contributed by atoms with E-state index in [4.69, 9.17) is 9.97 Å². The normalized spacial score (nSPS) is 18.0. The van der Waals surface area contributed by atoms with Crippen molar-refractivity contribution in [3.63, 3.8) is 0 Å². The maximum atomic E-state index is 13.6. The van der Waals surface area contributed by atoms with E-state index in [1.807, 2.05) is 73.7 Å². The first-order valence-corrected chi connectivity index (χ1v) is 14.8. The zero-order valence-corrected chi connectivity index (χ0v) is 25.1. The van der Waals surface area contributed by atoms with Crippen LogP contribution in [0.2, 0.25) is 0 Å². The van der Waals surface area contributed by atoms with Gasteiger partial charge in [0.25, 0.3) is 0 Å². The number of nitrogens with zero attached hydrogens (tertiary/aromatic N) is 3. The Labute approximate surface area is 251 Å². The number of benzene rings is 2. The monoisotopic (exact) mass is 584 g/mol. The lowest BCUT2D eigenvalue weighted by molar-refractivity contribution is -0.131. The molecule has 11 heteroatoms. The second-order valence-corrected chi connectivity index (χ2v) is 11.5. The van der Waals surface area contributed by atoms with Crippen molar-refractivity contribution in [1.82, 2.24) is 30.9 Å². The number of anilines is 2. The highest BCUT2D eigenvalue weighted by atomic mass is 16.2. The predicted octanol–water partition coefficient (Wildman–Crippen LogP) is 3.27. The minimum absolute atomic E-state index is 0.0180. The lowest BCUT2D eigenvalue weighted by Crippen LogP contribution is -2.55. The van der Waals surface area contributed by atoms with Gasteiger partial charge in [0.15, 0.2) is 0 Å². The average Bonchev–Trinajstić information content (AvgIpc) is 3.39. The number of aromatic nitrogens is 3. The summed E-state index contributed by atoms with van der Waals surface area (Å²) in [5.41, 5.74) is 2.79. The summed E-state index contributed by atoms with van der Waals surface area (Å²) in [6.45, 7) is 2.96. The molecule has 1 saturated carbocycles. The van der Waals surface area contributed by atoms with Gasteiger partial charge in [0.05, 0.1) is 5.52 Å². The molecule has 3 amide bonds. The van der Waals surface area contributed by atoms with Crippen molar-refractivity contribution >= 4 is 51.3 Å². The van der Waals surface area contributed by atoms with E-state index in [1.54, 1.807) is 6.92 Å². The van der Waals surface area contributed by atoms with Crippen molar-refractivity contribution in [1.29, 1.82) is 0 Å². The van der Waals surface area contributed by atoms with Crippen molar-refractivity contribution in [3.05, 3.63) is 60.3 Å². The van der Waals surface area contributed by atoms with Crippen LogP contribution in [0.5, 0.6) is 0 Å². The second-order valence-electron chi connectivity index (χ2n) is 11.5. The van der Waals surface area contributed by atoms with Gasteiger partial charge >= 0.3 is 0 Å². The third-order valence-corrected chi connectivity index (χ3v) is 7.96. The van der Waals surface area contributed by atoms with E-state index in [0.29, 0.717) is 12.4 Å². The van der Waals surface area contributed by atoms with Crippen molar-refractivity contribution in [3.8, 4) is 0 Å². The molecule has 1 aliphatic rings. The molecule has 2 aromatic heterocycles. The zero-order valence-electron chi connectivity index (χ0n) is 25.1. The van der Waals surface area contributed by atoms with Gasteiger partial charge in [-0.3, -0.25) is 14.4 Å². The third kappa shape index (κ3) is 7.22. The summed E-state index contributed by atoms with van der Waals surface area (Å²) < 4.78 is 0. The van der Waals surface area contributed by atoms with Gasteiger partial charge in [-0.2, -0.15) is 4.98 Å². The molecular formula is C32H40N8O3. The Morgan fingerprint density at radius 2 is 1.58 bits per heavy atom. The molecule has 1 aliphatic carbocycles. The summed E-state index contributed by atoms with van der Waals surface area (Å²) in [5, 5.41) is 14.2. The Morgan fingerprint density at radius 3 is 2.30 bits per heavy atom. The Morgan fingerprint density at radius 1 is 0.907 bits per heavy atom. The van der Waals surface area contributed by atoms with E-state index < -0.39 is 18.0 Å². The predicted molar refractivity (Wildman–Crippen MR) is 169 cm³/mol. The highest BCUT2D eigenvalue weighted by molar-refractivity contribution is 5.93. The Hall–Kier alpha value is -4.67. The maximum absolute atomic E-state index is 13.6. The summed E-state index contributed by atoms with van der Waals surface area (Å²) in [6, 6.07) is 14.4. The number of aromatic amines is 1. The molecule has 2 aromatic carbocycles. The van der Waals surface area contributed by atoms with Crippen LogP contribution in [0.4, 0.5) is 11.8 Å². The lowest BCUT2D eigenvalue weighted by Gasteiger charge is -2.31. The van der Waals surface area contributed by atoms with Crippen molar-refractivity contribution in [2.75, 3.05) is 24.3 Å². The van der Waals surface area contributed by atoms with Gasteiger partial charge in [0.2, 0.25) is 23.7 Å². The quantitative estimate of drug-likeness (QED) is 0.192. The van der Waals surface area contributed by atoms with Crippen LogP contribution in [-0.4, -0.2) is 70.9 Å². The number of carbonyl (C=O) groups is 3. The Balaban J connectivity index is 1.23. The number of carbonyl (C=O) groups excluding carboxylic acids is 3. The van der Waals surface area contributed by atoms with E-state index in [2.05, 4.69) is 26.3 Å². The average molecular weight is 585 g/mol. The third-order valence-electron chi connectivity index (χ3n) is 7.96. The summed E-state index contributed by atoms with van der Waals surface area (Å²) in [5.74, 6) is 0.515. The van der Waals surface area contributed by atoms with Crippen LogP contribution in [0.3, 0.4) is 0 Å². The van der Waals surface area contributed by atoms with Gasteiger partial charge in [-0.15, -0.1) is 0 Å². The highest BCUT2D eigenvalue weighted by Gasteiger charge is 2.29. The van der Waals surface area contributed by atoms with E-state index in [-0.39, 0.29) is 23.9 Å². The molecule has 0 aliphatic heterocycles. The largest absolute Gasteiger partial charge is 0.362 e. The molecule has 11 nitrogen and oxygen atoms in total. The molecule has 2 heterocycles. The maximum Gasteiger partial charge on any atom is 0.243 e. The van der Waals surface area contributed by atoms with E-state index in [0.717, 1.165) is 58.9 Å². The van der Waals surface area contributed by atoms with Crippen LogP contribution in [0.1, 0.15) is 45.1 Å².